The summed E-state index contributed by atoms with van der Waals surface area (Å²) in [5, 5.41) is 4.21. The monoisotopic (exact) mass is 401 g/mol. The van der Waals surface area contributed by atoms with Crippen molar-refractivity contribution in [2.24, 2.45) is 13.0 Å². The van der Waals surface area contributed by atoms with E-state index in [4.69, 9.17) is 0 Å². The number of para-hydroxylation sites is 1. The van der Waals surface area contributed by atoms with E-state index in [0.717, 1.165) is 12.8 Å². The summed E-state index contributed by atoms with van der Waals surface area (Å²) in [4.78, 5) is 30.4. The van der Waals surface area contributed by atoms with Crippen molar-refractivity contribution in [2.75, 3.05) is 0 Å². The third kappa shape index (κ3) is 4.96. The maximum atomic E-state index is 13.1. The smallest absolute Gasteiger partial charge is 0.261 e. The molecule has 1 amide bonds. The van der Waals surface area contributed by atoms with Gasteiger partial charge in [0, 0.05) is 13.1 Å². The van der Waals surface area contributed by atoms with Crippen molar-refractivity contribution >= 4 is 28.6 Å². The second-order valence-electron chi connectivity index (χ2n) is 8.11. The van der Waals surface area contributed by atoms with Gasteiger partial charge in [0.15, 0.2) is 5.16 Å². The zero-order valence-corrected chi connectivity index (χ0v) is 17.9. The van der Waals surface area contributed by atoms with Gasteiger partial charge in [-0.05, 0) is 30.9 Å². The minimum Gasteiger partial charge on any atom is -0.352 e. The van der Waals surface area contributed by atoms with E-state index in [9.17, 15) is 9.59 Å². The van der Waals surface area contributed by atoms with Crippen molar-refractivity contribution in [3.8, 4) is 0 Å². The molecule has 1 saturated carbocycles. The zero-order valence-electron chi connectivity index (χ0n) is 17.1. The van der Waals surface area contributed by atoms with E-state index in [1.165, 1.54) is 43.9 Å². The average Bonchev–Trinajstić information content (AvgIpc) is 2.65. The highest BCUT2D eigenvalue weighted by atomic mass is 32.2. The van der Waals surface area contributed by atoms with Gasteiger partial charge in [0.25, 0.3) is 5.56 Å². The molecule has 1 aromatic carbocycles. The van der Waals surface area contributed by atoms with E-state index in [2.05, 4.69) is 24.1 Å². The summed E-state index contributed by atoms with van der Waals surface area (Å²) in [5.74, 6) is 0.204. The molecular weight excluding hydrogens is 370 g/mol. The topological polar surface area (TPSA) is 64.0 Å². The van der Waals surface area contributed by atoms with E-state index in [1.807, 2.05) is 18.2 Å². The number of hydrogen-bond acceptors (Lipinski definition) is 4. The summed E-state index contributed by atoms with van der Waals surface area (Å²) < 4.78 is 1.56. The molecule has 1 unspecified atom stereocenters. The highest BCUT2D eigenvalue weighted by molar-refractivity contribution is 8.00. The predicted molar refractivity (Wildman–Crippen MR) is 116 cm³/mol. The standard InChI is InChI=1S/C22H31N3O2S/c1-15(2)19(20(26)23-16-11-7-5-4-6-8-12-16)28-22-24-18-14-10-9-13-17(18)21(27)25(22)3/h9-10,13-16,19H,4-8,11-12H2,1-3H3,(H,23,26). The minimum atomic E-state index is -0.273. The fourth-order valence-electron chi connectivity index (χ4n) is 3.79. The second kappa shape index (κ2) is 9.59. The number of fused-ring (bicyclic) bond motifs is 1. The van der Waals surface area contributed by atoms with Crippen molar-refractivity contribution in [3.63, 3.8) is 0 Å². The third-order valence-corrected chi connectivity index (χ3v) is 7.08. The number of carbonyl (C=O) groups excluding carboxylic acids is 1. The van der Waals surface area contributed by atoms with Crippen LogP contribution in [0.15, 0.2) is 34.2 Å². The molecule has 0 spiro atoms. The highest BCUT2D eigenvalue weighted by Gasteiger charge is 2.27. The number of aromatic nitrogens is 2. The number of rotatable bonds is 5. The minimum absolute atomic E-state index is 0.0629. The molecule has 2 aromatic rings. The first-order valence-corrected chi connectivity index (χ1v) is 11.3. The molecule has 3 rings (SSSR count). The first-order chi connectivity index (χ1) is 13.5. The number of thioether (sulfide) groups is 1. The lowest BCUT2D eigenvalue weighted by Gasteiger charge is -2.26. The molecule has 0 saturated heterocycles. The van der Waals surface area contributed by atoms with Crippen molar-refractivity contribution in [1.82, 2.24) is 14.9 Å². The van der Waals surface area contributed by atoms with E-state index < -0.39 is 0 Å². The normalized spacial score (nSPS) is 17.3. The zero-order chi connectivity index (χ0) is 20.1. The number of nitrogens with zero attached hydrogens (tertiary/aromatic N) is 2. The summed E-state index contributed by atoms with van der Waals surface area (Å²) in [7, 11) is 1.73. The van der Waals surface area contributed by atoms with E-state index in [1.54, 1.807) is 17.7 Å². The molecule has 1 heterocycles. The molecule has 0 aliphatic heterocycles. The summed E-state index contributed by atoms with van der Waals surface area (Å²) >= 11 is 1.40. The van der Waals surface area contributed by atoms with Crippen LogP contribution in [0.2, 0.25) is 0 Å². The second-order valence-corrected chi connectivity index (χ2v) is 9.22. The molecule has 152 valence electrons. The lowest BCUT2D eigenvalue weighted by atomic mass is 9.96. The number of benzene rings is 1. The molecule has 1 N–H and O–H groups in total. The van der Waals surface area contributed by atoms with Crippen molar-refractivity contribution in [1.29, 1.82) is 0 Å². The summed E-state index contributed by atoms with van der Waals surface area (Å²) in [6, 6.07) is 7.63. The predicted octanol–water partition coefficient (Wildman–Crippen LogP) is 4.28. The Labute approximate surface area is 171 Å². The van der Waals surface area contributed by atoms with Crippen LogP contribution in [0.1, 0.15) is 58.8 Å². The van der Waals surface area contributed by atoms with Gasteiger partial charge in [-0.15, -0.1) is 0 Å². The fraction of sp³-hybridized carbons (Fsp3) is 0.591. The lowest BCUT2D eigenvalue weighted by Crippen LogP contribution is -2.42. The maximum absolute atomic E-state index is 13.1. The third-order valence-electron chi connectivity index (χ3n) is 5.49. The summed E-state index contributed by atoms with van der Waals surface area (Å²) in [6.45, 7) is 4.10. The Kier molecular flexibility index (Phi) is 7.16. The molecule has 28 heavy (non-hydrogen) atoms. The van der Waals surface area contributed by atoms with Gasteiger partial charge in [-0.25, -0.2) is 4.98 Å². The maximum Gasteiger partial charge on any atom is 0.261 e. The van der Waals surface area contributed by atoms with Gasteiger partial charge in [-0.1, -0.05) is 69.8 Å². The first-order valence-electron chi connectivity index (χ1n) is 10.4. The van der Waals surface area contributed by atoms with Gasteiger partial charge in [-0.2, -0.15) is 0 Å². The quantitative estimate of drug-likeness (QED) is 0.600. The van der Waals surface area contributed by atoms with Gasteiger partial charge in [0.2, 0.25) is 5.91 Å². The Bertz CT molecular complexity index is 870. The molecule has 1 aromatic heterocycles. The largest absolute Gasteiger partial charge is 0.352 e. The number of amides is 1. The SMILES string of the molecule is CC(C)C(Sc1nc2ccccc2c(=O)n1C)C(=O)NC1CCCCCCC1. The molecule has 5 nitrogen and oxygen atoms in total. The molecular formula is C22H31N3O2S. The highest BCUT2D eigenvalue weighted by Crippen LogP contribution is 2.28. The van der Waals surface area contributed by atoms with E-state index in [0.29, 0.717) is 16.1 Å². The van der Waals surface area contributed by atoms with Crippen LogP contribution >= 0.6 is 11.8 Å². The number of nitrogens with one attached hydrogen (secondary N) is 1. The van der Waals surface area contributed by atoms with Crippen LogP contribution in [0.4, 0.5) is 0 Å². The van der Waals surface area contributed by atoms with Crippen molar-refractivity contribution in [2.45, 2.75) is 75.2 Å². The van der Waals surface area contributed by atoms with E-state index >= 15 is 0 Å². The Morgan fingerprint density at radius 1 is 1.14 bits per heavy atom. The van der Waals surface area contributed by atoms with Crippen LogP contribution in [-0.2, 0) is 11.8 Å². The van der Waals surface area contributed by atoms with Crippen LogP contribution in [0.25, 0.3) is 10.9 Å². The molecule has 1 aliphatic rings. The molecule has 0 bridgehead atoms. The Morgan fingerprint density at radius 3 is 2.46 bits per heavy atom. The molecule has 1 atom stereocenters. The van der Waals surface area contributed by atoms with Gasteiger partial charge in [0.05, 0.1) is 16.2 Å². The van der Waals surface area contributed by atoms with Crippen LogP contribution < -0.4 is 10.9 Å². The average molecular weight is 402 g/mol. The first kappa shape index (κ1) is 20.9. The fourth-order valence-corrected chi connectivity index (χ4v) is 4.86. The Balaban J connectivity index is 1.79. The van der Waals surface area contributed by atoms with E-state index in [-0.39, 0.29) is 28.7 Å². The summed E-state index contributed by atoms with van der Waals surface area (Å²) in [6.07, 6.45) is 8.33. The summed E-state index contributed by atoms with van der Waals surface area (Å²) in [5.41, 5.74) is 0.604. The van der Waals surface area contributed by atoms with Crippen LogP contribution in [0.3, 0.4) is 0 Å². The molecule has 1 fully saturated rings. The number of carbonyl (C=O) groups is 1. The lowest BCUT2D eigenvalue weighted by molar-refractivity contribution is -0.122. The van der Waals surface area contributed by atoms with Gasteiger partial charge in [-0.3, -0.25) is 14.2 Å². The molecule has 1 aliphatic carbocycles. The Morgan fingerprint density at radius 2 is 1.79 bits per heavy atom. The van der Waals surface area contributed by atoms with Crippen molar-refractivity contribution < 1.29 is 4.79 Å². The van der Waals surface area contributed by atoms with Crippen LogP contribution in [-0.4, -0.2) is 26.8 Å². The van der Waals surface area contributed by atoms with Gasteiger partial charge < -0.3 is 5.32 Å². The Hall–Kier alpha value is -1.82. The molecule has 6 heteroatoms. The molecule has 0 radical (unpaired) electrons. The van der Waals surface area contributed by atoms with Gasteiger partial charge in [0.1, 0.15) is 0 Å². The number of hydrogen-bond donors (Lipinski definition) is 1. The van der Waals surface area contributed by atoms with Crippen molar-refractivity contribution in [3.05, 3.63) is 34.6 Å². The van der Waals surface area contributed by atoms with Gasteiger partial charge >= 0.3 is 0 Å². The van der Waals surface area contributed by atoms with Crippen LogP contribution in [0, 0.1) is 5.92 Å². The van der Waals surface area contributed by atoms with Crippen LogP contribution in [0.5, 0.6) is 0 Å².